The van der Waals surface area contributed by atoms with Crippen LogP contribution in [0.2, 0.25) is 0 Å². The van der Waals surface area contributed by atoms with Gasteiger partial charge in [-0.1, -0.05) is 13.8 Å². The summed E-state index contributed by atoms with van der Waals surface area (Å²) in [7, 11) is 0. The highest BCUT2D eigenvalue weighted by molar-refractivity contribution is 5.46. The highest BCUT2D eigenvalue weighted by atomic mass is 19.4. The summed E-state index contributed by atoms with van der Waals surface area (Å²) in [6.45, 7) is 3.49. The molecule has 0 radical (unpaired) electrons. The fourth-order valence-electron chi connectivity index (χ4n) is 1.66. The Morgan fingerprint density at radius 1 is 1.19 bits per heavy atom. The molecule has 0 saturated carbocycles. The summed E-state index contributed by atoms with van der Waals surface area (Å²) in [5, 5.41) is 11.8. The van der Waals surface area contributed by atoms with Crippen LogP contribution in [0.5, 0.6) is 5.75 Å². The molecule has 3 nitrogen and oxygen atoms in total. The van der Waals surface area contributed by atoms with Crippen molar-refractivity contribution in [2.24, 2.45) is 5.41 Å². The lowest BCUT2D eigenvalue weighted by Crippen LogP contribution is -2.22. The molecule has 1 aromatic rings. The Bertz CT molecular complexity index is 475. The highest BCUT2D eigenvalue weighted by Crippen LogP contribution is 2.24. The molecule has 0 amide bonds. The number of anilines is 1. The van der Waals surface area contributed by atoms with Crippen molar-refractivity contribution < 1.29 is 17.9 Å². The Morgan fingerprint density at radius 2 is 1.81 bits per heavy atom. The van der Waals surface area contributed by atoms with Gasteiger partial charge in [0.15, 0.2) is 6.61 Å². The van der Waals surface area contributed by atoms with E-state index in [0.29, 0.717) is 13.0 Å². The van der Waals surface area contributed by atoms with E-state index in [1.807, 2.05) is 0 Å². The lowest BCUT2D eigenvalue weighted by Gasteiger charge is -2.24. The lowest BCUT2D eigenvalue weighted by molar-refractivity contribution is -0.153. The number of nitriles is 1. The summed E-state index contributed by atoms with van der Waals surface area (Å²) in [6, 6.07) is 8.46. The molecule has 1 rings (SSSR count). The van der Waals surface area contributed by atoms with Gasteiger partial charge >= 0.3 is 6.18 Å². The van der Waals surface area contributed by atoms with Crippen LogP contribution in [0, 0.1) is 16.7 Å². The maximum atomic E-state index is 12.0. The Balaban J connectivity index is 2.46. The third kappa shape index (κ3) is 7.45. The van der Waals surface area contributed by atoms with Crippen LogP contribution in [0.25, 0.3) is 0 Å². The van der Waals surface area contributed by atoms with Gasteiger partial charge in [-0.3, -0.25) is 0 Å². The molecular weight excluding hydrogens is 281 g/mol. The van der Waals surface area contributed by atoms with Gasteiger partial charge in [0, 0.05) is 18.7 Å². The number of ether oxygens (including phenoxy) is 1. The number of nitrogens with one attached hydrogen (secondary N) is 1. The first-order valence-corrected chi connectivity index (χ1v) is 6.62. The van der Waals surface area contributed by atoms with Crippen LogP contribution in [0.15, 0.2) is 24.3 Å². The van der Waals surface area contributed by atoms with Gasteiger partial charge in [-0.15, -0.1) is 0 Å². The number of hydrogen-bond donors (Lipinski definition) is 1. The number of rotatable bonds is 7. The van der Waals surface area contributed by atoms with Gasteiger partial charge in [-0.05, 0) is 36.1 Å². The predicted molar refractivity (Wildman–Crippen MR) is 75.1 cm³/mol. The lowest BCUT2D eigenvalue weighted by atomic mass is 9.88. The van der Waals surface area contributed by atoms with Gasteiger partial charge in [0.25, 0.3) is 0 Å². The average Bonchev–Trinajstić information content (AvgIpc) is 2.41. The van der Waals surface area contributed by atoms with E-state index < -0.39 is 12.8 Å². The summed E-state index contributed by atoms with van der Waals surface area (Å²) >= 11 is 0. The molecule has 1 aromatic carbocycles. The minimum Gasteiger partial charge on any atom is -0.484 e. The zero-order valence-corrected chi connectivity index (χ0v) is 12.1. The SMILES string of the molecule is CC(C)(CCC#N)CNc1ccc(OCC(F)(F)F)cc1. The fourth-order valence-corrected chi connectivity index (χ4v) is 1.66. The highest BCUT2D eigenvalue weighted by Gasteiger charge is 2.28. The van der Waals surface area contributed by atoms with E-state index in [2.05, 4.69) is 30.0 Å². The largest absolute Gasteiger partial charge is 0.484 e. The molecule has 6 heteroatoms. The summed E-state index contributed by atoms with van der Waals surface area (Å²) in [5.41, 5.74) is 0.778. The minimum atomic E-state index is -4.33. The van der Waals surface area contributed by atoms with Gasteiger partial charge in [0.2, 0.25) is 0 Å². The fraction of sp³-hybridized carbons (Fsp3) is 0.533. The summed E-state index contributed by atoms with van der Waals surface area (Å²) in [6.07, 6.45) is -3.05. The zero-order valence-electron chi connectivity index (χ0n) is 12.1. The van der Waals surface area contributed by atoms with Crippen molar-refractivity contribution in [2.45, 2.75) is 32.9 Å². The van der Waals surface area contributed by atoms with Gasteiger partial charge in [-0.25, -0.2) is 0 Å². The molecule has 0 heterocycles. The summed E-state index contributed by atoms with van der Waals surface area (Å²) in [5.74, 6) is 0.182. The molecule has 0 spiro atoms. The standard InChI is InChI=1S/C15H19F3N2O/c1-14(2,8-3-9-19)10-20-12-4-6-13(7-5-12)21-11-15(16,17)18/h4-7,20H,3,8,10-11H2,1-2H3. The molecule has 0 atom stereocenters. The van der Waals surface area contributed by atoms with Crippen LogP contribution >= 0.6 is 0 Å². The van der Waals surface area contributed by atoms with Crippen molar-refractivity contribution in [2.75, 3.05) is 18.5 Å². The molecule has 0 fully saturated rings. The van der Waals surface area contributed by atoms with Gasteiger partial charge in [0.1, 0.15) is 5.75 Å². The maximum Gasteiger partial charge on any atom is 0.422 e. The van der Waals surface area contributed by atoms with E-state index >= 15 is 0 Å². The van der Waals surface area contributed by atoms with Gasteiger partial charge in [0.05, 0.1) is 6.07 Å². The zero-order chi connectivity index (χ0) is 15.9. The van der Waals surface area contributed by atoms with Crippen molar-refractivity contribution in [3.63, 3.8) is 0 Å². The van der Waals surface area contributed by atoms with Crippen LogP contribution in [0.4, 0.5) is 18.9 Å². The van der Waals surface area contributed by atoms with Gasteiger partial charge < -0.3 is 10.1 Å². The Kier molecular flexibility index (Phi) is 5.89. The second-order valence-corrected chi connectivity index (χ2v) is 5.60. The van der Waals surface area contributed by atoms with Crippen LogP contribution in [-0.4, -0.2) is 19.3 Å². The molecule has 0 bridgehead atoms. The third-order valence-electron chi connectivity index (χ3n) is 2.94. The first kappa shape index (κ1) is 17.2. The van der Waals surface area contributed by atoms with E-state index in [9.17, 15) is 13.2 Å². The van der Waals surface area contributed by atoms with Crippen LogP contribution < -0.4 is 10.1 Å². The Labute approximate surface area is 122 Å². The topological polar surface area (TPSA) is 45.0 Å². The van der Waals surface area contributed by atoms with Crippen molar-refractivity contribution in [1.29, 1.82) is 5.26 Å². The molecule has 1 N–H and O–H groups in total. The number of alkyl halides is 3. The van der Waals surface area contributed by atoms with E-state index in [-0.39, 0.29) is 11.2 Å². The molecule has 0 aliphatic heterocycles. The molecule has 21 heavy (non-hydrogen) atoms. The summed E-state index contributed by atoms with van der Waals surface area (Å²) in [4.78, 5) is 0. The number of halogens is 3. The van der Waals surface area contributed by atoms with Crippen molar-refractivity contribution in [3.8, 4) is 11.8 Å². The minimum absolute atomic E-state index is 0.0266. The number of nitrogens with zero attached hydrogens (tertiary/aromatic N) is 1. The molecule has 116 valence electrons. The van der Waals surface area contributed by atoms with Crippen LogP contribution in [0.1, 0.15) is 26.7 Å². The second kappa shape index (κ2) is 7.21. The first-order chi connectivity index (χ1) is 9.72. The van der Waals surface area contributed by atoms with Crippen LogP contribution in [0.3, 0.4) is 0 Å². The Morgan fingerprint density at radius 3 is 2.33 bits per heavy atom. The number of hydrogen-bond acceptors (Lipinski definition) is 3. The Hall–Kier alpha value is -1.90. The molecule has 0 unspecified atom stereocenters. The van der Waals surface area contributed by atoms with Crippen LogP contribution in [-0.2, 0) is 0 Å². The van der Waals surface area contributed by atoms with Crippen molar-refractivity contribution in [1.82, 2.24) is 0 Å². The normalized spacial score (nSPS) is 11.8. The average molecular weight is 300 g/mol. The molecular formula is C15H19F3N2O. The maximum absolute atomic E-state index is 12.0. The van der Waals surface area contributed by atoms with E-state index in [4.69, 9.17) is 5.26 Å². The van der Waals surface area contributed by atoms with Crippen molar-refractivity contribution >= 4 is 5.69 Å². The predicted octanol–water partition coefficient (Wildman–Crippen LogP) is 4.37. The van der Waals surface area contributed by atoms with Crippen molar-refractivity contribution in [3.05, 3.63) is 24.3 Å². The third-order valence-corrected chi connectivity index (χ3v) is 2.94. The van der Waals surface area contributed by atoms with Gasteiger partial charge in [-0.2, -0.15) is 18.4 Å². The second-order valence-electron chi connectivity index (χ2n) is 5.60. The smallest absolute Gasteiger partial charge is 0.422 e. The summed E-state index contributed by atoms with van der Waals surface area (Å²) < 4.78 is 40.7. The first-order valence-electron chi connectivity index (χ1n) is 6.62. The van der Waals surface area contributed by atoms with E-state index in [1.165, 1.54) is 12.1 Å². The quantitative estimate of drug-likeness (QED) is 0.813. The molecule has 0 saturated heterocycles. The molecule has 0 aromatic heterocycles. The molecule has 0 aliphatic rings. The monoisotopic (exact) mass is 300 g/mol. The molecule has 0 aliphatic carbocycles. The van der Waals surface area contributed by atoms with E-state index in [0.717, 1.165) is 12.1 Å². The number of benzene rings is 1. The van der Waals surface area contributed by atoms with E-state index in [1.54, 1.807) is 12.1 Å².